The fourth-order valence-electron chi connectivity index (χ4n) is 1.93. The van der Waals surface area contributed by atoms with Crippen molar-refractivity contribution in [2.24, 2.45) is 0 Å². The predicted molar refractivity (Wildman–Crippen MR) is 69.6 cm³/mol. The van der Waals surface area contributed by atoms with Crippen molar-refractivity contribution >= 4 is 11.6 Å². The van der Waals surface area contributed by atoms with Gasteiger partial charge < -0.3 is 14.6 Å². The minimum Gasteiger partial charge on any atom is -0.404 e. The van der Waals surface area contributed by atoms with Gasteiger partial charge in [0.2, 0.25) is 0 Å². The third kappa shape index (κ3) is 3.38. The average Bonchev–Trinajstić information content (AvgIpc) is 3.17. The number of aromatic nitrogens is 1. The Bertz CT molecular complexity index is 693. The lowest BCUT2D eigenvalue weighted by Crippen LogP contribution is -2.19. The van der Waals surface area contributed by atoms with Crippen molar-refractivity contribution in [3.8, 4) is 5.75 Å². The maximum Gasteiger partial charge on any atom is 0.573 e. The van der Waals surface area contributed by atoms with E-state index in [0.29, 0.717) is 5.76 Å². The van der Waals surface area contributed by atoms with Crippen molar-refractivity contribution in [2.45, 2.75) is 25.1 Å². The van der Waals surface area contributed by atoms with Crippen molar-refractivity contribution in [1.82, 2.24) is 5.16 Å². The van der Waals surface area contributed by atoms with Gasteiger partial charge in [0.25, 0.3) is 5.91 Å². The summed E-state index contributed by atoms with van der Waals surface area (Å²) in [6.45, 7) is 0. The third-order valence-electron chi connectivity index (χ3n) is 3.10. The fourth-order valence-corrected chi connectivity index (χ4v) is 1.93. The summed E-state index contributed by atoms with van der Waals surface area (Å²) in [6.07, 6.45) is -2.87. The highest BCUT2D eigenvalue weighted by Gasteiger charge is 2.32. The molecule has 8 heteroatoms. The highest BCUT2D eigenvalue weighted by atomic mass is 19.4. The molecular formula is C14H11F3N2O3. The zero-order valence-electron chi connectivity index (χ0n) is 11.2. The topological polar surface area (TPSA) is 64.4 Å². The summed E-state index contributed by atoms with van der Waals surface area (Å²) in [5.41, 5.74) is -0.0792. The number of rotatable bonds is 4. The Morgan fingerprint density at radius 3 is 2.73 bits per heavy atom. The van der Waals surface area contributed by atoms with Crippen molar-refractivity contribution in [3.05, 3.63) is 41.8 Å². The lowest BCUT2D eigenvalue weighted by atomic mass is 10.2. The molecule has 22 heavy (non-hydrogen) atoms. The van der Waals surface area contributed by atoms with Crippen LogP contribution in [0, 0.1) is 0 Å². The van der Waals surface area contributed by atoms with Gasteiger partial charge in [-0.3, -0.25) is 4.79 Å². The quantitative estimate of drug-likeness (QED) is 0.935. The van der Waals surface area contributed by atoms with E-state index in [0.717, 1.165) is 18.9 Å². The number of alkyl halides is 3. The Kier molecular flexibility index (Phi) is 3.51. The van der Waals surface area contributed by atoms with Crippen LogP contribution in [-0.2, 0) is 0 Å². The first-order valence-electron chi connectivity index (χ1n) is 6.55. The van der Waals surface area contributed by atoms with Crippen LogP contribution in [-0.4, -0.2) is 17.4 Å². The van der Waals surface area contributed by atoms with E-state index in [1.54, 1.807) is 0 Å². The summed E-state index contributed by atoms with van der Waals surface area (Å²) < 4.78 is 45.9. The Hall–Kier alpha value is -2.51. The van der Waals surface area contributed by atoms with Crippen LogP contribution in [0.1, 0.15) is 35.0 Å². The number of carbonyl (C=O) groups excluding carboxylic acids is 1. The number of hydrogen-bond donors (Lipinski definition) is 1. The van der Waals surface area contributed by atoms with E-state index >= 15 is 0 Å². The molecule has 1 heterocycles. The van der Waals surface area contributed by atoms with Gasteiger partial charge in [-0.15, -0.1) is 13.2 Å². The summed E-state index contributed by atoms with van der Waals surface area (Å²) in [4.78, 5) is 12.0. The molecule has 1 amide bonds. The second-order valence-corrected chi connectivity index (χ2v) is 4.89. The molecule has 1 N–H and O–H groups in total. The molecule has 0 saturated heterocycles. The molecule has 5 nitrogen and oxygen atoms in total. The van der Waals surface area contributed by atoms with Gasteiger partial charge in [0.05, 0.1) is 5.69 Å². The molecule has 1 saturated carbocycles. The SMILES string of the molecule is O=C(Nc1ccccc1OC(F)(F)F)c1cc(C2CC2)on1. The summed E-state index contributed by atoms with van der Waals surface area (Å²) in [6, 6.07) is 6.78. The number of para-hydroxylation sites is 2. The Morgan fingerprint density at radius 2 is 2.05 bits per heavy atom. The zero-order chi connectivity index (χ0) is 15.7. The van der Waals surface area contributed by atoms with Gasteiger partial charge in [-0.1, -0.05) is 17.3 Å². The molecule has 1 aromatic carbocycles. The maximum absolute atomic E-state index is 12.3. The Balaban J connectivity index is 1.75. The van der Waals surface area contributed by atoms with Crippen LogP contribution in [0.15, 0.2) is 34.9 Å². The first kappa shape index (κ1) is 14.4. The van der Waals surface area contributed by atoms with Crippen LogP contribution >= 0.6 is 0 Å². The van der Waals surface area contributed by atoms with Crippen molar-refractivity contribution in [3.63, 3.8) is 0 Å². The largest absolute Gasteiger partial charge is 0.573 e. The summed E-state index contributed by atoms with van der Waals surface area (Å²) >= 11 is 0. The summed E-state index contributed by atoms with van der Waals surface area (Å²) in [5, 5.41) is 5.96. The van der Waals surface area contributed by atoms with E-state index in [2.05, 4.69) is 15.2 Å². The van der Waals surface area contributed by atoms with Gasteiger partial charge in [-0.05, 0) is 25.0 Å². The highest BCUT2D eigenvalue weighted by Crippen LogP contribution is 2.40. The molecule has 0 bridgehead atoms. The van der Waals surface area contributed by atoms with Crippen LogP contribution in [0.4, 0.5) is 18.9 Å². The lowest BCUT2D eigenvalue weighted by Gasteiger charge is -2.13. The van der Waals surface area contributed by atoms with Crippen LogP contribution in [0.2, 0.25) is 0 Å². The van der Waals surface area contributed by atoms with Gasteiger partial charge in [-0.2, -0.15) is 0 Å². The van der Waals surface area contributed by atoms with Crippen LogP contribution in [0.5, 0.6) is 5.75 Å². The first-order chi connectivity index (χ1) is 10.4. The maximum atomic E-state index is 12.3. The number of halogens is 3. The smallest absolute Gasteiger partial charge is 0.404 e. The van der Waals surface area contributed by atoms with Gasteiger partial charge in [0, 0.05) is 12.0 Å². The molecule has 2 aromatic rings. The standard InChI is InChI=1S/C14H11F3N2O3/c15-14(16,17)21-11-4-2-1-3-9(11)18-13(20)10-7-12(22-19-10)8-5-6-8/h1-4,7-8H,5-6H2,(H,18,20). The van der Waals surface area contributed by atoms with E-state index in [1.807, 2.05) is 0 Å². The second-order valence-electron chi connectivity index (χ2n) is 4.89. The monoisotopic (exact) mass is 312 g/mol. The molecular weight excluding hydrogens is 301 g/mol. The molecule has 0 spiro atoms. The van der Waals surface area contributed by atoms with E-state index in [4.69, 9.17) is 4.52 Å². The van der Waals surface area contributed by atoms with Crippen LogP contribution in [0.3, 0.4) is 0 Å². The Labute approximate surface area is 123 Å². The number of hydrogen-bond acceptors (Lipinski definition) is 4. The van der Waals surface area contributed by atoms with Gasteiger partial charge in [-0.25, -0.2) is 0 Å². The average molecular weight is 312 g/mol. The molecule has 0 atom stereocenters. The molecule has 3 rings (SSSR count). The van der Waals surface area contributed by atoms with Gasteiger partial charge in [0.15, 0.2) is 11.4 Å². The lowest BCUT2D eigenvalue weighted by molar-refractivity contribution is -0.274. The first-order valence-corrected chi connectivity index (χ1v) is 6.55. The Morgan fingerprint density at radius 1 is 1.32 bits per heavy atom. The number of carbonyl (C=O) groups is 1. The molecule has 1 aromatic heterocycles. The summed E-state index contributed by atoms with van der Waals surface area (Å²) in [5.74, 6) is -0.247. The minimum atomic E-state index is -4.84. The number of nitrogens with zero attached hydrogens (tertiary/aromatic N) is 1. The fraction of sp³-hybridized carbons (Fsp3) is 0.286. The molecule has 0 radical (unpaired) electrons. The van der Waals surface area contributed by atoms with Gasteiger partial charge in [0.1, 0.15) is 5.76 Å². The van der Waals surface area contributed by atoms with Gasteiger partial charge >= 0.3 is 6.36 Å². The number of anilines is 1. The van der Waals surface area contributed by atoms with E-state index in [1.165, 1.54) is 24.3 Å². The number of nitrogens with one attached hydrogen (secondary N) is 1. The van der Waals surface area contributed by atoms with E-state index < -0.39 is 18.0 Å². The van der Waals surface area contributed by atoms with Crippen molar-refractivity contribution < 1.29 is 27.2 Å². The van der Waals surface area contributed by atoms with Crippen LogP contribution < -0.4 is 10.1 Å². The number of benzene rings is 1. The van der Waals surface area contributed by atoms with Crippen LogP contribution in [0.25, 0.3) is 0 Å². The molecule has 1 fully saturated rings. The molecule has 0 aliphatic heterocycles. The van der Waals surface area contributed by atoms with E-state index in [-0.39, 0.29) is 17.3 Å². The molecule has 1 aliphatic rings. The van der Waals surface area contributed by atoms with Crippen molar-refractivity contribution in [2.75, 3.05) is 5.32 Å². The molecule has 116 valence electrons. The number of amides is 1. The molecule has 1 aliphatic carbocycles. The van der Waals surface area contributed by atoms with E-state index in [9.17, 15) is 18.0 Å². The zero-order valence-corrected chi connectivity index (χ0v) is 11.2. The third-order valence-corrected chi connectivity index (χ3v) is 3.10. The minimum absolute atomic E-state index is 0.0173. The molecule has 0 unspecified atom stereocenters. The summed E-state index contributed by atoms with van der Waals surface area (Å²) in [7, 11) is 0. The highest BCUT2D eigenvalue weighted by molar-refractivity contribution is 6.03. The second kappa shape index (κ2) is 5.36. The van der Waals surface area contributed by atoms with Crippen molar-refractivity contribution in [1.29, 1.82) is 0 Å². The predicted octanol–water partition coefficient (Wildman–Crippen LogP) is 3.70. The normalized spacial score (nSPS) is 14.7. The number of ether oxygens (including phenoxy) is 1.